The summed E-state index contributed by atoms with van der Waals surface area (Å²) in [5.74, 6) is -0.834. The van der Waals surface area contributed by atoms with Gasteiger partial charge in [0.05, 0.1) is 10.7 Å². The molecule has 1 aliphatic heterocycles. The van der Waals surface area contributed by atoms with Gasteiger partial charge in [-0.25, -0.2) is 4.39 Å². The van der Waals surface area contributed by atoms with E-state index in [0.29, 0.717) is 37.2 Å². The maximum Gasteiger partial charge on any atom is 0.254 e. The third kappa shape index (κ3) is 4.10. The molecule has 6 heteroatoms. The van der Waals surface area contributed by atoms with E-state index in [4.69, 9.17) is 11.6 Å². The summed E-state index contributed by atoms with van der Waals surface area (Å²) in [6.07, 6.45) is 1.14. The topological polar surface area (TPSA) is 49.4 Å². The fraction of sp³-hybridized carbons (Fsp3) is 0.217. The molecule has 0 saturated carbocycles. The third-order valence-corrected chi connectivity index (χ3v) is 5.67. The Morgan fingerprint density at radius 1 is 1.00 bits per heavy atom. The number of likely N-dealkylation sites (tertiary alicyclic amines) is 1. The number of carbonyl (C=O) groups excluding carboxylic acids is 2. The maximum absolute atomic E-state index is 13.2. The molecule has 0 bridgehead atoms. The molecule has 1 N–H and O–H groups in total. The fourth-order valence-corrected chi connectivity index (χ4v) is 3.97. The van der Waals surface area contributed by atoms with Crippen molar-refractivity contribution in [2.24, 2.45) is 5.92 Å². The number of nitrogens with one attached hydrogen (secondary N) is 1. The van der Waals surface area contributed by atoms with Gasteiger partial charge in [0, 0.05) is 24.6 Å². The molecule has 1 aliphatic rings. The molecule has 0 atom stereocenters. The number of halogens is 2. The second-order valence-corrected chi connectivity index (χ2v) is 7.61. The van der Waals surface area contributed by atoms with Crippen LogP contribution in [0.5, 0.6) is 0 Å². The van der Waals surface area contributed by atoms with Gasteiger partial charge >= 0.3 is 0 Å². The first-order chi connectivity index (χ1) is 14.0. The van der Waals surface area contributed by atoms with E-state index in [9.17, 15) is 14.0 Å². The predicted molar refractivity (Wildman–Crippen MR) is 113 cm³/mol. The fourth-order valence-electron chi connectivity index (χ4n) is 3.75. The van der Waals surface area contributed by atoms with Crippen molar-refractivity contribution in [3.8, 4) is 0 Å². The van der Waals surface area contributed by atoms with Crippen LogP contribution >= 0.6 is 11.6 Å². The Bertz CT molecular complexity index is 1070. The van der Waals surface area contributed by atoms with Gasteiger partial charge in [0.25, 0.3) is 5.91 Å². The van der Waals surface area contributed by atoms with Gasteiger partial charge in [0.15, 0.2) is 0 Å². The monoisotopic (exact) mass is 410 g/mol. The van der Waals surface area contributed by atoms with Crippen LogP contribution in [-0.4, -0.2) is 29.8 Å². The molecule has 2 amide bonds. The Labute approximate surface area is 173 Å². The summed E-state index contributed by atoms with van der Waals surface area (Å²) in [7, 11) is 0. The lowest BCUT2D eigenvalue weighted by Gasteiger charge is -2.31. The summed E-state index contributed by atoms with van der Waals surface area (Å²) in [5.41, 5.74) is 1.08. The van der Waals surface area contributed by atoms with Crippen molar-refractivity contribution in [1.29, 1.82) is 0 Å². The lowest BCUT2D eigenvalue weighted by molar-refractivity contribution is -0.121. The van der Waals surface area contributed by atoms with Crippen molar-refractivity contribution < 1.29 is 14.0 Å². The van der Waals surface area contributed by atoms with Crippen LogP contribution < -0.4 is 5.32 Å². The van der Waals surface area contributed by atoms with Gasteiger partial charge in [-0.15, -0.1) is 0 Å². The molecule has 0 radical (unpaired) electrons. The molecule has 4 rings (SSSR count). The van der Waals surface area contributed by atoms with Crippen LogP contribution in [0, 0.1) is 11.7 Å². The Balaban J connectivity index is 1.41. The van der Waals surface area contributed by atoms with Gasteiger partial charge in [0.2, 0.25) is 5.91 Å². The zero-order valence-electron chi connectivity index (χ0n) is 15.7. The molecule has 148 valence electrons. The minimum Gasteiger partial charge on any atom is -0.339 e. The number of nitrogens with zero attached hydrogens (tertiary/aromatic N) is 1. The maximum atomic E-state index is 13.2. The van der Waals surface area contributed by atoms with Crippen molar-refractivity contribution in [1.82, 2.24) is 4.90 Å². The molecule has 1 saturated heterocycles. The normalized spacial score (nSPS) is 14.8. The summed E-state index contributed by atoms with van der Waals surface area (Å²) in [5, 5.41) is 4.90. The molecule has 3 aromatic rings. The first kappa shape index (κ1) is 19.4. The SMILES string of the molecule is O=C(Nc1ccc(F)cc1Cl)C1CCN(C(=O)c2cccc3ccccc23)CC1. The van der Waals surface area contributed by atoms with E-state index in [1.807, 2.05) is 42.5 Å². The highest BCUT2D eigenvalue weighted by molar-refractivity contribution is 6.33. The van der Waals surface area contributed by atoms with Gasteiger partial charge in [-0.2, -0.15) is 0 Å². The summed E-state index contributed by atoms with van der Waals surface area (Å²) in [6.45, 7) is 1.02. The number of benzene rings is 3. The molecule has 3 aromatic carbocycles. The molecule has 29 heavy (non-hydrogen) atoms. The van der Waals surface area contributed by atoms with Gasteiger partial charge in [-0.3, -0.25) is 9.59 Å². The van der Waals surface area contributed by atoms with Crippen LogP contribution in [-0.2, 0) is 4.79 Å². The lowest BCUT2D eigenvalue weighted by atomic mass is 9.94. The number of hydrogen-bond donors (Lipinski definition) is 1. The first-order valence-corrected chi connectivity index (χ1v) is 9.93. The zero-order valence-corrected chi connectivity index (χ0v) is 16.5. The molecular weight excluding hydrogens is 391 g/mol. The van der Waals surface area contributed by atoms with E-state index in [1.165, 1.54) is 18.2 Å². The van der Waals surface area contributed by atoms with Crippen LogP contribution in [0.1, 0.15) is 23.2 Å². The second kappa shape index (κ2) is 8.21. The number of carbonyl (C=O) groups is 2. The average Bonchev–Trinajstić information content (AvgIpc) is 2.75. The van der Waals surface area contributed by atoms with Gasteiger partial charge in [0.1, 0.15) is 5.82 Å². The lowest BCUT2D eigenvalue weighted by Crippen LogP contribution is -2.41. The molecule has 0 aliphatic carbocycles. The summed E-state index contributed by atoms with van der Waals surface area (Å²) in [4.78, 5) is 27.4. The van der Waals surface area contributed by atoms with Crippen molar-refractivity contribution in [2.75, 3.05) is 18.4 Å². The minimum absolute atomic E-state index is 0.0118. The highest BCUT2D eigenvalue weighted by Crippen LogP contribution is 2.27. The minimum atomic E-state index is -0.451. The van der Waals surface area contributed by atoms with E-state index >= 15 is 0 Å². The Morgan fingerprint density at radius 3 is 2.48 bits per heavy atom. The molecule has 0 unspecified atom stereocenters. The Morgan fingerprint density at radius 2 is 1.72 bits per heavy atom. The quantitative estimate of drug-likeness (QED) is 0.651. The van der Waals surface area contributed by atoms with E-state index in [2.05, 4.69) is 5.32 Å². The number of fused-ring (bicyclic) bond motifs is 1. The molecule has 1 heterocycles. The number of hydrogen-bond acceptors (Lipinski definition) is 2. The van der Waals surface area contributed by atoms with Crippen LogP contribution in [0.25, 0.3) is 10.8 Å². The van der Waals surface area contributed by atoms with E-state index in [1.54, 1.807) is 4.90 Å². The predicted octanol–water partition coefficient (Wildman–Crippen LogP) is 5.12. The average molecular weight is 411 g/mol. The van der Waals surface area contributed by atoms with Crippen LogP contribution in [0.2, 0.25) is 5.02 Å². The van der Waals surface area contributed by atoms with E-state index in [0.717, 1.165) is 10.8 Å². The zero-order chi connectivity index (χ0) is 20.4. The van der Waals surface area contributed by atoms with Crippen molar-refractivity contribution in [3.05, 3.63) is 77.1 Å². The third-order valence-electron chi connectivity index (χ3n) is 5.36. The van der Waals surface area contributed by atoms with Gasteiger partial charge in [-0.1, -0.05) is 48.0 Å². The summed E-state index contributed by atoms with van der Waals surface area (Å²) < 4.78 is 13.2. The highest BCUT2D eigenvalue weighted by atomic mass is 35.5. The molecule has 0 aromatic heterocycles. The Kier molecular flexibility index (Phi) is 5.49. The number of anilines is 1. The van der Waals surface area contributed by atoms with Crippen LogP contribution in [0.15, 0.2) is 60.7 Å². The van der Waals surface area contributed by atoms with Crippen molar-refractivity contribution >= 4 is 39.9 Å². The molecule has 4 nitrogen and oxygen atoms in total. The van der Waals surface area contributed by atoms with Crippen molar-refractivity contribution in [2.45, 2.75) is 12.8 Å². The number of rotatable bonds is 3. The van der Waals surface area contributed by atoms with E-state index < -0.39 is 5.82 Å². The number of piperidine rings is 1. The number of amides is 2. The second-order valence-electron chi connectivity index (χ2n) is 7.21. The van der Waals surface area contributed by atoms with Crippen LogP contribution in [0.3, 0.4) is 0 Å². The highest BCUT2D eigenvalue weighted by Gasteiger charge is 2.28. The molecule has 1 fully saturated rings. The smallest absolute Gasteiger partial charge is 0.254 e. The summed E-state index contributed by atoms with van der Waals surface area (Å²) in [6, 6.07) is 17.4. The molecular formula is C23H20ClFN2O2. The first-order valence-electron chi connectivity index (χ1n) is 9.56. The van der Waals surface area contributed by atoms with Crippen molar-refractivity contribution in [3.63, 3.8) is 0 Å². The van der Waals surface area contributed by atoms with Gasteiger partial charge < -0.3 is 10.2 Å². The summed E-state index contributed by atoms with van der Waals surface area (Å²) >= 11 is 5.99. The van der Waals surface area contributed by atoms with Gasteiger partial charge in [-0.05, 0) is 47.9 Å². The van der Waals surface area contributed by atoms with Crippen LogP contribution in [0.4, 0.5) is 10.1 Å². The largest absolute Gasteiger partial charge is 0.339 e. The standard InChI is InChI=1S/C23H20ClFN2O2/c24-20-14-17(25)8-9-21(20)26-22(28)16-10-12-27(13-11-16)23(29)19-7-3-5-15-4-1-2-6-18(15)19/h1-9,14,16H,10-13H2,(H,26,28). The molecule has 0 spiro atoms. The van der Waals surface area contributed by atoms with E-state index in [-0.39, 0.29) is 22.8 Å². The Hall–Kier alpha value is -2.92.